The predicted octanol–water partition coefficient (Wildman–Crippen LogP) is 3.49. The zero-order chi connectivity index (χ0) is 15.6. The second-order valence-electron chi connectivity index (χ2n) is 4.67. The summed E-state index contributed by atoms with van der Waals surface area (Å²) in [6.45, 7) is 5.12. The number of carbonyl (C=O) groups excluding carboxylic acids is 1. The normalized spacial score (nSPS) is 10.4. The van der Waals surface area contributed by atoms with Gasteiger partial charge in [0.05, 0.1) is 25.2 Å². The van der Waals surface area contributed by atoms with Gasteiger partial charge in [-0.25, -0.2) is 0 Å². The molecule has 0 heterocycles. The van der Waals surface area contributed by atoms with Crippen LogP contribution in [0.15, 0.2) is 30.9 Å². The molecule has 2 aromatic rings. The summed E-state index contributed by atoms with van der Waals surface area (Å²) in [5, 5.41) is 11.8. The van der Waals surface area contributed by atoms with Crippen molar-refractivity contribution in [2.75, 3.05) is 14.2 Å². The Hall–Kier alpha value is -2.49. The quantitative estimate of drug-likeness (QED) is 0.675. The molecule has 0 bridgehead atoms. The molecule has 21 heavy (non-hydrogen) atoms. The van der Waals surface area contributed by atoms with Crippen LogP contribution in [0.5, 0.6) is 17.2 Å². The lowest BCUT2D eigenvalue weighted by molar-refractivity contribution is 0.101. The molecular weight excluding hydrogens is 268 g/mol. The van der Waals surface area contributed by atoms with E-state index in [2.05, 4.69) is 6.58 Å². The van der Waals surface area contributed by atoms with E-state index < -0.39 is 0 Å². The Morgan fingerprint density at radius 1 is 1.33 bits per heavy atom. The minimum absolute atomic E-state index is 0.0763. The van der Waals surface area contributed by atoms with Gasteiger partial charge in [-0.3, -0.25) is 4.79 Å². The first kappa shape index (κ1) is 14.9. The third-order valence-corrected chi connectivity index (χ3v) is 3.44. The number of rotatable bonds is 5. The summed E-state index contributed by atoms with van der Waals surface area (Å²) in [6.07, 6.45) is 2.11. The van der Waals surface area contributed by atoms with Crippen LogP contribution in [-0.4, -0.2) is 25.1 Å². The van der Waals surface area contributed by atoms with Crippen LogP contribution < -0.4 is 9.47 Å². The van der Waals surface area contributed by atoms with Crippen LogP contribution in [-0.2, 0) is 6.42 Å². The third-order valence-electron chi connectivity index (χ3n) is 3.44. The molecule has 0 spiro atoms. The zero-order valence-electron chi connectivity index (χ0n) is 12.4. The summed E-state index contributed by atoms with van der Waals surface area (Å²) < 4.78 is 10.8. The topological polar surface area (TPSA) is 55.8 Å². The third kappa shape index (κ3) is 2.33. The standard InChI is InChI=1S/C17H18O4/c1-5-7-11-14(10(2)18)16(19)15-12(17(11)21-4)8-6-9-13(15)20-3/h5-6,8-9,19H,1,7H2,2-4H3. The molecule has 2 aromatic carbocycles. The monoisotopic (exact) mass is 286 g/mol. The number of allylic oxidation sites excluding steroid dienone is 1. The fourth-order valence-corrected chi connectivity index (χ4v) is 2.63. The van der Waals surface area contributed by atoms with Crippen LogP contribution in [0.4, 0.5) is 0 Å². The Labute approximate surface area is 123 Å². The van der Waals surface area contributed by atoms with Crippen molar-refractivity contribution < 1.29 is 19.4 Å². The van der Waals surface area contributed by atoms with Gasteiger partial charge in [-0.1, -0.05) is 18.2 Å². The van der Waals surface area contributed by atoms with Gasteiger partial charge in [-0.2, -0.15) is 0 Å². The summed E-state index contributed by atoms with van der Waals surface area (Å²) in [7, 11) is 3.06. The van der Waals surface area contributed by atoms with Crippen molar-refractivity contribution in [3.63, 3.8) is 0 Å². The maximum Gasteiger partial charge on any atom is 0.163 e. The first-order valence-electron chi connectivity index (χ1n) is 6.57. The van der Waals surface area contributed by atoms with E-state index in [4.69, 9.17) is 9.47 Å². The number of methoxy groups -OCH3 is 2. The molecule has 0 amide bonds. The molecule has 0 aliphatic heterocycles. The molecule has 2 rings (SSSR count). The molecule has 0 saturated carbocycles. The predicted molar refractivity (Wildman–Crippen MR) is 82.6 cm³/mol. The van der Waals surface area contributed by atoms with E-state index in [1.807, 2.05) is 12.1 Å². The van der Waals surface area contributed by atoms with Crippen LogP contribution in [0, 0.1) is 0 Å². The number of hydrogen-bond acceptors (Lipinski definition) is 4. The maximum atomic E-state index is 12.0. The molecule has 0 unspecified atom stereocenters. The number of hydrogen-bond donors (Lipinski definition) is 1. The van der Waals surface area contributed by atoms with Crippen LogP contribution >= 0.6 is 0 Å². The molecule has 4 nitrogen and oxygen atoms in total. The van der Waals surface area contributed by atoms with Gasteiger partial charge >= 0.3 is 0 Å². The molecule has 0 aromatic heterocycles. The number of Topliss-reactive ketones (excluding diaryl/α,β-unsaturated/α-hetero) is 1. The largest absolute Gasteiger partial charge is 0.506 e. The highest BCUT2D eigenvalue weighted by atomic mass is 16.5. The van der Waals surface area contributed by atoms with E-state index >= 15 is 0 Å². The Morgan fingerprint density at radius 3 is 2.57 bits per heavy atom. The van der Waals surface area contributed by atoms with Gasteiger partial charge in [0, 0.05) is 10.9 Å². The number of phenolic OH excluding ortho intramolecular Hbond substituents is 1. The molecule has 0 saturated heterocycles. The molecule has 110 valence electrons. The summed E-state index contributed by atoms with van der Waals surface area (Å²) in [6, 6.07) is 5.37. The molecule has 0 aliphatic rings. The van der Waals surface area contributed by atoms with Crippen LogP contribution in [0.2, 0.25) is 0 Å². The number of phenols is 1. The van der Waals surface area contributed by atoms with E-state index in [0.29, 0.717) is 34.3 Å². The molecule has 4 heteroatoms. The number of ether oxygens (including phenoxy) is 2. The van der Waals surface area contributed by atoms with E-state index in [-0.39, 0.29) is 17.1 Å². The minimum Gasteiger partial charge on any atom is -0.506 e. The van der Waals surface area contributed by atoms with Crippen molar-refractivity contribution in [1.29, 1.82) is 0 Å². The summed E-state index contributed by atoms with van der Waals surface area (Å²) in [5.41, 5.74) is 0.891. The molecule has 0 radical (unpaired) electrons. The van der Waals surface area contributed by atoms with Crippen LogP contribution in [0.1, 0.15) is 22.8 Å². The van der Waals surface area contributed by atoms with E-state index in [1.165, 1.54) is 14.0 Å². The van der Waals surface area contributed by atoms with Crippen molar-refractivity contribution in [2.45, 2.75) is 13.3 Å². The number of carbonyl (C=O) groups is 1. The zero-order valence-corrected chi connectivity index (χ0v) is 12.4. The number of benzene rings is 2. The molecule has 0 fully saturated rings. The minimum atomic E-state index is -0.226. The van der Waals surface area contributed by atoms with Gasteiger partial charge in [-0.15, -0.1) is 6.58 Å². The van der Waals surface area contributed by atoms with Gasteiger partial charge in [0.1, 0.15) is 17.2 Å². The average Bonchev–Trinajstić information content (AvgIpc) is 2.47. The Balaban J connectivity index is 3.04. The average molecular weight is 286 g/mol. The lowest BCUT2D eigenvalue weighted by Gasteiger charge is -2.18. The Bertz CT molecular complexity index is 717. The number of fused-ring (bicyclic) bond motifs is 1. The van der Waals surface area contributed by atoms with Crippen molar-refractivity contribution >= 4 is 16.6 Å². The summed E-state index contributed by atoms with van der Waals surface area (Å²) in [4.78, 5) is 12.0. The molecule has 1 N–H and O–H groups in total. The summed E-state index contributed by atoms with van der Waals surface area (Å²) >= 11 is 0. The highest BCUT2D eigenvalue weighted by molar-refractivity contribution is 6.09. The highest BCUT2D eigenvalue weighted by Gasteiger charge is 2.23. The van der Waals surface area contributed by atoms with Gasteiger partial charge in [0.15, 0.2) is 5.78 Å². The first-order valence-corrected chi connectivity index (χ1v) is 6.57. The smallest absolute Gasteiger partial charge is 0.163 e. The number of ketones is 1. The molecule has 0 atom stereocenters. The highest BCUT2D eigenvalue weighted by Crippen LogP contribution is 2.44. The fourth-order valence-electron chi connectivity index (χ4n) is 2.63. The van der Waals surface area contributed by atoms with Crippen molar-refractivity contribution in [2.24, 2.45) is 0 Å². The SMILES string of the molecule is C=CCc1c(C(C)=O)c(O)c2c(OC)cccc2c1OC. The Morgan fingerprint density at radius 2 is 2.05 bits per heavy atom. The van der Waals surface area contributed by atoms with E-state index in [9.17, 15) is 9.90 Å². The van der Waals surface area contributed by atoms with Gasteiger partial charge < -0.3 is 14.6 Å². The fraction of sp³-hybridized carbons (Fsp3) is 0.235. The first-order chi connectivity index (χ1) is 10.1. The van der Waals surface area contributed by atoms with Crippen molar-refractivity contribution in [3.05, 3.63) is 42.0 Å². The maximum absolute atomic E-state index is 12.0. The second kappa shape index (κ2) is 5.87. The van der Waals surface area contributed by atoms with Crippen LogP contribution in [0.25, 0.3) is 10.8 Å². The van der Waals surface area contributed by atoms with Gasteiger partial charge in [0.2, 0.25) is 0 Å². The van der Waals surface area contributed by atoms with Crippen molar-refractivity contribution in [1.82, 2.24) is 0 Å². The van der Waals surface area contributed by atoms with Gasteiger partial charge in [-0.05, 0) is 19.4 Å². The van der Waals surface area contributed by atoms with E-state index in [1.54, 1.807) is 19.3 Å². The molecular formula is C17H18O4. The van der Waals surface area contributed by atoms with Gasteiger partial charge in [0.25, 0.3) is 0 Å². The van der Waals surface area contributed by atoms with E-state index in [0.717, 1.165) is 0 Å². The molecule has 0 aliphatic carbocycles. The lowest BCUT2D eigenvalue weighted by atomic mass is 9.93. The van der Waals surface area contributed by atoms with Crippen LogP contribution in [0.3, 0.4) is 0 Å². The lowest BCUT2D eigenvalue weighted by Crippen LogP contribution is -2.04. The second-order valence-corrected chi connectivity index (χ2v) is 4.67. The number of aromatic hydroxyl groups is 1. The Kier molecular flexibility index (Phi) is 4.17. The summed E-state index contributed by atoms with van der Waals surface area (Å²) in [5.74, 6) is 0.755. The van der Waals surface area contributed by atoms with Crippen molar-refractivity contribution in [3.8, 4) is 17.2 Å².